The molecular formula is C11H12ClFO2. The summed E-state index contributed by atoms with van der Waals surface area (Å²) < 4.78 is 17.4. The van der Waals surface area contributed by atoms with E-state index in [9.17, 15) is 9.18 Å². The highest BCUT2D eigenvalue weighted by atomic mass is 35.5. The van der Waals surface area contributed by atoms with Gasteiger partial charge >= 0.3 is 5.97 Å². The highest BCUT2D eigenvalue weighted by molar-refractivity contribution is 6.30. The number of benzene rings is 1. The smallest absolute Gasteiger partial charge is 0.324 e. The van der Waals surface area contributed by atoms with Gasteiger partial charge in [0.15, 0.2) is 0 Å². The Balaban J connectivity index is 2.80. The third kappa shape index (κ3) is 3.20. The molecule has 1 aromatic carbocycles. The van der Waals surface area contributed by atoms with Gasteiger partial charge < -0.3 is 4.74 Å². The maximum Gasteiger partial charge on any atom is 0.324 e. The van der Waals surface area contributed by atoms with Gasteiger partial charge in [0.2, 0.25) is 0 Å². The van der Waals surface area contributed by atoms with Crippen molar-refractivity contribution >= 4 is 17.6 Å². The van der Waals surface area contributed by atoms with Gasteiger partial charge in [-0.25, -0.2) is 4.39 Å². The quantitative estimate of drug-likeness (QED) is 0.589. The predicted octanol–water partition coefficient (Wildman–Crippen LogP) is 2.46. The van der Waals surface area contributed by atoms with Crippen LogP contribution in [0.3, 0.4) is 0 Å². The first-order valence-corrected chi connectivity index (χ1v) is 4.95. The highest BCUT2D eigenvalue weighted by Gasteiger charge is 2.17. The molecule has 2 nitrogen and oxygen atoms in total. The van der Waals surface area contributed by atoms with Gasteiger partial charge in [0, 0.05) is 0 Å². The molecule has 0 fully saturated rings. The summed E-state index contributed by atoms with van der Waals surface area (Å²) in [7, 11) is 1.27. The second kappa shape index (κ2) is 5.12. The van der Waals surface area contributed by atoms with Gasteiger partial charge in [-0.2, -0.15) is 0 Å². The summed E-state index contributed by atoms with van der Waals surface area (Å²) in [6, 6.07) is 4.42. The Bertz CT molecular complexity index is 366. The lowest BCUT2D eigenvalue weighted by Crippen LogP contribution is -2.19. The first kappa shape index (κ1) is 12.0. The van der Waals surface area contributed by atoms with Crippen LogP contribution < -0.4 is 0 Å². The zero-order valence-electron chi connectivity index (χ0n) is 8.59. The van der Waals surface area contributed by atoms with E-state index in [4.69, 9.17) is 11.6 Å². The van der Waals surface area contributed by atoms with Gasteiger partial charge in [0.25, 0.3) is 0 Å². The maximum absolute atomic E-state index is 12.9. The second-order valence-electron chi connectivity index (χ2n) is 3.27. The van der Waals surface area contributed by atoms with Crippen molar-refractivity contribution in [2.24, 2.45) is 0 Å². The molecule has 1 atom stereocenters. The summed E-state index contributed by atoms with van der Waals surface area (Å²) in [4.78, 5) is 11.1. The monoisotopic (exact) mass is 230 g/mol. The van der Waals surface area contributed by atoms with Gasteiger partial charge in [0.05, 0.1) is 7.11 Å². The molecule has 0 amide bonds. The topological polar surface area (TPSA) is 26.3 Å². The Hall–Kier alpha value is -1.09. The van der Waals surface area contributed by atoms with E-state index in [1.807, 2.05) is 6.92 Å². The molecule has 1 aromatic rings. The number of carbonyl (C=O) groups excluding carboxylic acids is 1. The van der Waals surface area contributed by atoms with Crippen molar-refractivity contribution in [2.75, 3.05) is 7.11 Å². The Morgan fingerprint density at radius 1 is 1.60 bits per heavy atom. The third-order valence-electron chi connectivity index (χ3n) is 2.17. The molecule has 15 heavy (non-hydrogen) atoms. The molecule has 0 aliphatic carbocycles. The first-order chi connectivity index (χ1) is 7.04. The molecule has 0 N–H and O–H groups in total. The Kier molecular flexibility index (Phi) is 4.09. The molecule has 0 saturated carbocycles. The number of hydrogen-bond donors (Lipinski definition) is 0. The van der Waals surface area contributed by atoms with Crippen LogP contribution in [0.15, 0.2) is 18.2 Å². The van der Waals surface area contributed by atoms with Crippen LogP contribution in [0.1, 0.15) is 11.1 Å². The third-order valence-corrected chi connectivity index (χ3v) is 2.50. The maximum atomic E-state index is 12.9. The number of halogens is 2. The number of alkyl halides is 1. The van der Waals surface area contributed by atoms with Crippen molar-refractivity contribution in [2.45, 2.75) is 18.7 Å². The van der Waals surface area contributed by atoms with Crippen molar-refractivity contribution in [3.63, 3.8) is 0 Å². The van der Waals surface area contributed by atoms with Crippen molar-refractivity contribution in [1.82, 2.24) is 0 Å². The van der Waals surface area contributed by atoms with E-state index < -0.39 is 11.3 Å². The van der Waals surface area contributed by atoms with Crippen LogP contribution in [0.25, 0.3) is 0 Å². The van der Waals surface area contributed by atoms with Crippen molar-refractivity contribution in [3.05, 3.63) is 35.1 Å². The van der Waals surface area contributed by atoms with E-state index in [2.05, 4.69) is 4.74 Å². The van der Waals surface area contributed by atoms with E-state index >= 15 is 0 Å². The van der Waals surface area contributed by atoms with Gasteiger partial charge in [-0.3, -0.25) is 4.79 Å². The second-order valence-corrected chi connectivity index (χ2v) is 3.79. The lowest BCUT2D eigenvalue weighted by Gasteiger charge is -2.09. The van der Waals surface area contributed by atoms with Gasteiger partial charge in [-0.15, -0.1) is 11.6 Å². The minimum atomic E-state index is -0.768. The number of carbonyl (C=O) groups is 1. The van der Waals surface area contributed by atoms with E-state index in [0.29, 0.717) is 0 Å². The van der Waals surface area contributed by atoms with Crippen LogP contribution in [-0.4, -0.2) is 18.5 Å². The molecule has 0 aliphatic heterocycles. The molecule has 0 spiro atoms. The average molecular weight is 231 g/mol. The fourth-order valence-electron chi connectivity index (χ4n) is 1.26. The zero-order chi connectivity index (χ0) is 11.4. The summed E-state index contributed by atoms with van der Waals surface area (Å²) in [5.41, 5.74) is 1.63. The summed E-state index contributed by atoms with van der Waals surface area (Å²) in [6.45, 7) is 1.84. The van der Waals surface area contributed by atoms with E-state index in [1.54, 1.807) is 6.07 Å². The fourth-order valence-corrected chi connectivity index (χ4v) is 1.52. The molecule has 0 saturated heterocycles. The predicted molar refractivity (Wildman–Crippen MR) is 56.5 cm³/mol. The largest absolute Gasteiger partial charge is 0.468 e. The summed E-state index contributed by atoms with van der Waals surface area (Å²) >= 11 is 5.79. The van der Waals surface area contributed by atoms with Crippen LogP contribution in [0.4, 0.5) is 4.39 Å². The van der Waals surface area contributed by atoms with Crippen LogP contribution in [-0.2, 0) is 16.0 Å². The minimum Gasteiger partial charge on any atom is -0.468 e. The SMILES string of the molecule is COC(=O)C(Cl)Cc1cc(F)ccc1C. The number of aryl methyl sites for hydroxylation is 1. The zero-order valence-corrected chi connectivity index (χ0v) is 9.34. The van der Waals surface area contributed by atoms with Crippen molar-refractivity contribution < 1.29 is 13.9 Å². The molecule has 82 valence electrons. The molecule has 1 unspecified atom stereocenters. The number of hydrogen-bond acceptors (Lipinski definition) is 2. The standard InChI is InChI=1S/C11H12ClFO2/c1-7-3-4-9(13)5-8(7)6-10(12)11(14)15-2/h3-5,10H,6H2,1-2H3. The average Bonchev–Trinajstić information content (AvgIpc) is 2.22. The molecule has 1 rings (SSSR count). The van der Waals surface area contributed by atoms with Crippen molar-refractivity contribution in [1.29, 1.82) is 0 Å². The Labute approximate surface area is 93.0 Å². The Morgan fingerprint density at radius 2 is 2.27 bits per heavy atom. The van der Waals surface area contributed by atoms with Gasteiger partial charge in [-0.05, 0) is 36.6 Å². The van der Waals surface area contributed by atoms with Crippen LogP contribution in [0.2, 0.25) is 0 Å². The van der Waals surface area contributed by atoms with Gasteiger partial charge in [-0.1, -0.05) is 6.07 Å². The van der Waals surface area contributed by atoms with Gasteiger partial charge in [0.1, 0.15) is 11.2 Å². The molecule has 0 aromatic heterocycles. The van der Waals surface area contributed by atoms with E-state index in [0.717, 1.165) is 11.1 Å². The molecule has 0 aliphatic rings. The molecule has 4 heteroatoms. The summed E-state index contributed by atoms with van der Waals surface area (Å²) in [6.07, 6.45) is 0.276. The number of esters is 1. The molecule has 0 radical (unpaired) electrons. The van der Waals surface area contributed by atoms with Crippen LogP contribution >= 0.6 is 11.6 Å². The number of rotatable bonds is 3. The highest BCUT2D eigenvalue weighted by Crippen LogP contribution is 2.15. The van der Waals surface area contributed by atoms with E-state index in [1.165, 1.54) is 19.2 Å². The number of methoxy groups -OCH3 is 1. The lowest BCUT2D eigenvalue weighted by atomic mass is 10.0. The minimum absolute atomic E-state index is 0.276. The summed E-state index contributed by atoms with van der Waals surface area (Å²) in [5, 5.41) is -0.768. The normalized spacial score (nSPS) is 12.3. The first-order valence-electron chi connectivity index (χ1n) is 4.51. The summed E-state index contributed by atoms with van der Waals surface area (Å²) in [5.74, 6) is -0.829. The molecule has 0 heterocycles. The fraction of sp³-hybridized carbons (Fsp3) is 0.364. The number of ether oxygens (including phenoxy) is 1. The van der Waals surface area contributed by atoms with E-state index in [-0.39, 0.29) is 12.2 Å². The Morgan fingerprint density at radius 3 is 2.87 bits per heavy atom. The van der Waals surface area contributed by atoms with Crippen molar-refractivity contribution in [3.8, 4) is 0 Å². The molecular weight excluding hydrogens is 219 g/mol. The molecule has 0 bridgehead atoms. The van der Waals surface area contributed by atoms with Crippen LogP contribution in [0, 0.1) is 12.7 Å². The van der Waals surface area contributed by atoms with Crippen LogP contribution in [0.5, 0.6) is 0 Å². The lowest BCUT2D eigenvalue weighted by molar-refractivity contribution is -0.140.